The Balaban J connectivity index is 2.04. The maximum atomic E-state index is 12.8. The fourth-order valence-electron chi connectivity index (χ4n) is 3.11. The second kappa shape index (κ2) is 8.62. The van der Waals surface area contributed by atoms with Crippen LogP contribution in [0.1, 0.15) is 52.8 Å². The van der Waals surface area contributed by atoms with Crippen molar-refractivity contribution in [1.82, 2.24) is 25.3 Å². The number of aryl methyl sites for hydroxylation is 1. The van der Waals surface area contributed by atoms with E-state index in [4.69, 9.17) is 4.52 Å². The average molecular weight is 365 g/mol. The minimum atomic E-state index is -0.432. The number of hydrogen-bond acceptors (Lipinski definition) is 6. The number of hydrogen-bond donors (Lipinski definition) is 1. The lowest BCUT2D eigenvalue weighted by atomic mass is 9.94. The van der Waals surface area contributed by atoms with Crippen molar-refractivity contribution in [1.29, 1.82) is 0 Å². The summed E-state index contributed by atoms with van der Waals surface area (Å²) in [6, 6.07) is -0.432. The fourth-order valence-corrected chi connectivity index (χ4v) is 3.11. The number of aromatic nitrogens is 2. The van der Waals surface area contributed by atoms with Crippen molar-refractivity contribution in [3.63, 3.8) is 0 Å². The number of carbonyl (C=O) groups is 2. The summed E-state index contributed by atoms with van der Waals surface area (Å²) in [7, 11) is 0. The SMILES string of the molecule is CCc1noc(CN(CC)C(=O)C[C@@H]2C(=O)NCCN2CC(C)(C)C)n1. The van der Waals surface area contributed by atoms with E-state index < -0.39 is 6.04 Å². The van der Waals surface area contributed by atoms with E-state index in [9.17, 15) is 9.59 Å². The third-order valence-electron chi connectivity index (χ3n) is 4.37. The van der Waals surface area contributed by atoms with Gasteiger partial charge in [-0.05, 0) is 12.3 Å². The van der Waals surface area contributed by atoms with Gasteiger partial charge >= 0.3 is 0 Å². The highest BCUT2D eigenvalue weighted by molar-refractivity contribution is 5.88. The van der Waals surface area contributed by atoms with Crippen LogP contribution in [0.2, 0.25) is 0 Å². The van der Waals surface area contributed by atoms with Crippen LogP contribution in [-0.4, -0.2) is 64.0 Å². The zero-order valence-electron chi connectivity index (χ0n) is 16.5. The molecule has 2 heterocycles. The molecule has 1 aromatic rings. The smallest absolute Gasteiger partial charge is 0.246 e. The minimum absolute atomic E-state index is 0.0592. The summed E-state index contributed by atoms with van der Waals surface area (Å²) in [6.45, 7) is 13.2. The molecule has 26 heavy (non-hydrogen) atoms. The van der Waals surface area contributed by atoms with Crippen molar-refractivity contribution < 1.29 is 14.1 Å². The molecular formula is C18H31N5O3. The van der Waals surface area contributed by atoms with Crippen LogP contribution in [0.25, 0.3) is 0 Å². The lowest BCUT2D eigenvalue weighted by Gasteiger charge is -2.39. The molecule has 146 valence electrons. The number of nitrogens with one attached hydrogen (secondary N) is 1. The number of rotatable bonds is 7. The van der Waals surface area contributed by atoms with E-state index in [0.717, 1.165) is 13.1 Å². The van der Waals surface area contributed by atoms with E-state index in [2.05, 4.69) is 41.1 Å². The Morgan fingerprint density at radius 2 is 2.12 bits per heavy atom. The van der Waals surface area contributed by atoms with Crippen molar-refractivity contribution in [2.45, 2.75) is 60.0 Å². The van der Waals surface area contributed by atoms with Crippen molar-refractivity contribution >= 4 is 11.8 Å². The Hall–Kier alpha value is -1.96. The zero-order valence-corrected chi connectivity index (χ0v) is 16.5. The van der Waals surface area contributed by atoms with Crippen LogP contribution >= 0.6 is 0 Å². The standard InChI is InChI=1S/C18H31N5O3/c1-6-14-20-15(26-21-14)11-22(7-2)16(24)10-13-17(25)19-8-9-23(13)12-18(3,4)5/h13H,6-12H2,1-5H3,(H,19,25)/t13-/m1/s1. The van der Waals surface area contributed by atoms with Gasteiger partial charge in [0.1, 0.15) is 0 Å². The predicted molar refractivity (Wildman–Crippen MR) is 97.2 cm³/mol. The molecule has 1 aliphatic heterocycles. The fraction of sp³-hybridized carbons (Fsp3) is 0.778. The van der Waals surface area contributed by atoms with E-state index >= 15 is 0 Å². The van der Waals surface area contributed by atoms with E-state index in [-0.39, 0.29) is 30.2 Å². The largest absolute Gasteiger partial charge is 0.353 e. The highest BCUT2D eigenvalue weighted by Crippen LogP contribution is 2.20. The Bertz CT molecular complexity index is 623. The first-order valence-electron chi connectivity index (χ1n) is 9.34. The van der Waals surface area contributed by atoms with Crippen LogP contribution in [0, 0.1) is 5.41 Å². The highest BCUT2D eigenvalue weighted by atomic mass is 16.5. The van der Waals surface area contributed by atoms with Gasteiger partial charge in [0.25, 0.3) is 0 Å². The van der Waals surface area contributed by atoms with Gasteiger partial charge in [0.2, 0.25) is 17.7 Å². The molecule has 0 saturated carbocycles. The molecule has 8 heteroatoms. The quantitative estimate of drug-likeness (QED) is 0.781. The van der Waals surface area contributed by atoms with Crippen molar-refractivity contribution in [2.75, 3.05) is 26.2 Å². The topological polar surface area (TPSA) is 91.6 Å². The normalized spacial score (nSPS) is 18.7. The van der Waals surface area contributed by atoms with E-state index in [1.54, 1.807) is 4.90 Å². The molecule has 1 aromatic heterocycles. The molecule has 0 spiro atoms. The zero-order chi connectivity index (χ0) is 19.3. The molecule has 1 fully saturated rings. The molecule has 1 aliphatic rings. The monoisotopic (exact) mass is 365 g/mol. The highest BCUT2D eigenvalue weighted by Gasteiger charge is 2.34. The third-order valence-corrected chi connectivity index (χ3v) is 4.37. The van der Waals surface area contributed by atoms with Gasteiger partial charge in [-0.3, -0.25) is 14.5 Å². The van der Waals surface area contributed by atoms with E-state index in [1.807, 2.05) is 13.8 Å². The van der Waals surface area contributed by atoms with Gasteiger partial charge in [0.15, 0.2) is 5.82 Å². The Kier molecular flexibility index (Phi) is 6.75. The molecule has 0 bridgehead atoms. The predicted octanol–water partition coefficient (Wildman–Crippen LogP) is 1.22. The number of nitrogens with zero attached hydrogens (tertiary/aromatic N) is 4. The average Bonchev–Trinajstić information content (AvgIpc) is 3.02. The number of piperazine rings is 1. The van der Waals surface area contributed by atoms with Gasteiger partial charge in [-0.25, -0.2) is 0 Å². The van der Waals surface area contributed by atoms with Crippen LogP contribution < -0.4 is 5.32 Å². The molecule has 0 radical (unpaired) electrons. The molecule has 2 rings (SSSR count). The van der Waals surface area contributed by atoms with Gasteiger partial charge < -0.3 is 14.7 Å². The molecule has 1 atom stereocenters. The third kappa shape index (κ3) is 5.52. The first-order valence-corrected chi connectivity index (χ1v) is 9.34. The van der Waals surface area contributed by atoms with Crippen LogP contribution in [-0.2, 0) is 22.6 Å². The van der Waals surface area contributed by atoms with Gasteiger partial charge in [-0.2, -0.15) is 4.98 Å². The Labute approximate surface area is 155 Å². The maximum Gasteiger partial charge on any atom is 0.246 e. The second-order valence-corrected chi connectivity index (χ2v) is 7.91. The lowest BCUT2D eigenvalue weighted by Crippen LogP contribution is -2.58. The van der Waals surface area contributed by atoms with Crippen LogP contribution in [0.15, 0.2) is 4.52 Å². The summed E-state index contributed by atoms with van der Waals surface area (Å²) in [4.78, 5) is 33.2. The maximum absolute atomic E-state index is 12.8. The van der Waals surface area contributed by atoms with E-state index in [0.29, 0.717) is 31.2 Å². The van der Waals surface area contributed by atoms with E-state index in [1.165, 1.54) is 0 Å². The number of amides is 2. The molecular weight excluding hydrogens is 334 g/mol. The molecule has 1 N–H and O–H groups in total. The molecule has 8 nitrogen and oxygen atoms in total. The van der Waals surface area contributed by atoms with Crippen molar-refractivity contribution in [3.05, 3.63) is 11.7 Å². The first-order chi connectivity index (χ1) is 12.2. The second-order valence-electron chi connectivity index (χ2n) is 7.91. The number of carbonyl (C=O) groups excluding carboxylic acids is 2. The van der Waals surface area contributed by atoms with Crippen LogP contribution in [0.4, 0.5) is 0 Å². The Morgan fingerprint density at radius 1 is 1.38 bits per heavy atom. The van der Waals surface area contributed by atoms with Crippen LogP contribution in [0.5, 0.6) is 0 Å². The molecule has 0 unspecified atom stereocenters. The summed E-state index contributed by atoms with van der Waals surface area (Å²) in [5, 5.41) is 6.74. The molecule has 0 aliphatic carbocycles. The summed E-state index contributed by atoms with van der Waals surface area (Å²) in [5.41, 5.74) is 0.0592. The summed E-state index contributed by atoms with van der Waals surface area (Å²) in [6.07, 6.45) is 0.845. The van der Waals surface area contributed by atoms with Crippen molar-refractivity contribution in [2.24, 2.45) is 5.41 Å². The van der Waals surface area contributed by atoms with Gasteiger partial charge in [-0.15, -0.1) is 0 Å². The minimum Gasteiger partial charge on any atom is -0.353 e. The summed E-state index contributed by atoms with van der Waals surface area (Å²) < 4.78 is 5.19. The first kappa shape index (κ1) is 20.4. The molecule has 0 aromatic carbocycles. The summed E-state index contributed by atoms with van der Waals surface area (Å²) in [5.74, 6) is 0.906. The Morgan fingerprint density at radius 3 is 2.69 bits per heavy atom. The van der Waals surface area contributed by atoms with Crippen LogP contribution in [0.3, 0.4) is 0 Å². The lowest BCUT2D eigenvalue weighted by molar-refractivity contribution is -0.139. The molecule has 2 amide bonds. The van der Waals surface area contributed by atoms with Gasteiger partial charge in [0.05, 0.1) is 19.0 Å². The molecule has 1 saturated heterocycles. The van der Waals surface area contributed by atoms with Gasteiger partial charge in [-0.1, -0.05) is 32.9 Å². The summed E-state index contributed by atoms with van der Waals surface area (Å²) >= 11 is 0. The van der Waals surface area contributed by atoms with Gasteiger partial charge in [0, 0.05) is 32.6 Å². The van der Waals surface area contributed by atoms with Crippen molar-refractivity contribution in [3.8, 4) is 0 Å².